The number of hydrogen-bond acceptors (Lipinski definition) is 4. The molecule has 0 bridgehead atoms. The molecule has 0 amide bonds. The maximum atomic E-state index is 11.9. The van der Waals surface area contributed by atoms with Gasteiger partial charge in [0.15, 0.2) is 0 Å². The summed E-state index contributed by atoms with van der Waals surface area (Å²) in [6, 6.07) is 15.7. The fourth-order valence-corrected chi connectivity index (χ4v) is 3.64. The lowest BCUT2D eigenvalue weighted by Gasteiger charge is -2.21. The minimum absolute atomic E-state index is 0.174. The van der Waals surface area contributed by atoms with Gasteiger partial charge in [-0.1, -0.05) is 36.4 Å². The number of carbonyl (C=O) groups is 1. The standard InChI is InChI=1S/C20H23NO4/c1-24-17-9-6-10-18(25-2)19(17)15-12-21(13-16(15)20(22)23)11-14-7-4-3-5-8-14/h3-10,15-16H,11-13H2,1-2H3,(H,22,23)/t15-,16+/m0/s1. The number of aliphatic carboxylic acids is 1. The summed E-state index contributed by atoms with van der Waals surface area (Å²) in [6.45, 7) is 1.90. The summed E-state index contributed by atoms with van der Waals surface area (Å²) >= 11 is 0. The second kappa shape index (κ2) is 7.57. The van der Waals surface area contributed by atoms with Crippen molar-refractivity contribution in [3.8, 4) is 11.5 Å². The molecular formula is C20H23NO4. The van der Waals surface area contributed by atoms with Crippen LogP contribution >= 0.6 is 0 Å². The van der Waals surface area contributed by atoms with Crippen molar-refractivity contribution in [1.82, 2.24) is 4.90 Å². The van der Waals surface area contributed by atoms with Crippen molar-refractivity contribution in [2.24, 2.45) is 5.92 Å². The van der Waals surface area contributed by atoms with Gasteiger partial charge in [0.2, 0.25) is 0 Å². The highest BCUT2D eigenvalue weighted by atomic mass is 16.5. The molecule has 0 saturated carbocycles. The number of ether oxygens (including phenoxy) is 2. The van der Waals surface area contributed by atoms with Gasteiger partial charge in [-0.15, -0.1) is 0 Å². The van der Waals surface area contributed by atoms with E-state index < -0.39 is 11.9 Å². The molecule has 1 heterocycles. The van der Waals surface area contributed by atoms with Crippen LogP contribution in [-0.4, -0.2) is 43.3 Å². The van der Waals surface area contributed by atoms with E-state index in [-0.39, 0.29) is 5.92 Å². The molecule has 0 aromatic heterocycles. The van der Waals surface area contributed by atoms with E-state index in [0.29, 0.717) is 24.6 Å². The molecule has 1 aliphatic rings. The molecule has 2 aromatic carbocycles. The zero-order valence-electron chi connectivity index (χ0n) is 14.5. The largest absolute Gasteiger partial charge is 0.496 e. The second-order valence-electron chi connectivity index (χ2n) is 6.31. The van der Waals surface area contributed by atoms with Crippen molar-refractivity contribution in [3.63, 3.8) is 0 Å². The number of hydrogen-bond donors (Lipinski definition) is 1. The third-order valence-corrected chi connectivity index (χ3v) is 4.80. The molecule has 1 aliphatic heterocycles. The van der Waals surface area contributed by atoms with E-state index in [1.54, 1.807) is 14.2 Å². The minimum atomic E-state index is -0.784. The first-order valence-electron chi connectivity index (χ1n) is 8.34. The minimum Gasteiger partial charge on any atom is -0.496 e. The average Bonchev–Trinajstić information content (AvgIpc) is 3.05. The maximum absolute atomic E-state index is 11.9. The van der Waals surface area contributed by atoms with Gasteiger partial charge in [-0.25, -0.2) is 0 Å². The van der Waals surface area contributed by atoms with Crippen LogP contribution in [0.3, 0.4) is 0 Å². The van der Waals surface area contributed by atoms with Crippen molar-refractivity contribution in [1.29, 1.82) is 0 Å². The monoisotopic (exact) mass is 341 g/mol. The molecule has 1 saturated heterocycles. The Hall–Kier alpha value is -2.53. The summed E-state index contributed by atoms with van der Waals surface area (Å²) in [5.74, 6) is -0.0935. The summed E-state index contributed by atoms with van der Waals surface area (Å²) in [5, 5.41) is 9.75. The average molecular weight is 341 g/mol. The second-order valence-corrected chi connectivity index (χ2v) is 6.31. The molecule has 1 N–H and O–H groups in total. The highest BCUT2D eigenvalue weighted by Crippen LogP contribution is 2.43. The van der Waals surface area contributed by atoms with E-state index in [9.17, 15) is 9.90 Å². The number of rotatable bonds is 6. The quantitative estimate of drug-likeness (QED) is 0.875. The van der Waals surface area contributed by atoms with E-state index in [2.05, 4.69) is 17.0 Å². The predicted octanol–water partition coefficient (Wildman–Crippen LogP) is 3.00. The van der Waals surface area contributed by atoms with Crippen molar-refractivity contribution in [3.05, 3.63) is 59.7 Å². The van der Waals surface area contributed by atoms with Gasteiger partial charge in [0.1, 0.15) is 11.5 Å². The molecule has 2 atom stereocenters. The van der Waals surface area contributed by atoms with E-state index in [0.717, 1.165) is 12.1 Å². The van der Waals surface area contributed by atoms with E-state index in [1.165, 1.54) is 5.56 Å². The Labute approximate surface area is 147 Å². The number of methoxy groups -OCH3 is 2. The van der Waals surface area contributed by atoms with E-state index >= 15 is 0 Å². The molecular weight excluding hydrogens is 318 g/mol. The molecule has 25 heavy (non-hydrogen) atoms. The maximum Gasteiger partial charge on any atom is 0.308 e. The molecule has 3 rings (SSSR count). The zero-order valence-corrected chi connectivity index (χ0v) is 14.5. The first kappa shape index (κ1) is 17.3. The van der Waals surface area contributed by atoms with Crippen LogP contribution in [0.5, 0.6) is 11.5 Å². The lowest BCUT2D eigenvalue weighted by atomic mass is 9.87. The van der Waals surface area contributed by atoms with Gasteiger partial charge in [-0.2, -0.15) is 0 Å². The van der Waals surface area contributed by atoms with Crippen LogP contribution in [0.25, 0.3) is 0 Å². The van der Waals surface area contributed by atoms with Crippen molar-refractivity contribution >= 4 is 5.97 Å². The van der Waals surface area contributed by atoms with Crippen LogP contribution in [-0.2, 0) is 11.3 Å². The summed E-state index contributed by atoms with van der Waals surface area (Å²) in [5.41, 5.74) is 2.02. The summed E-state index contributed by atoms with van der Waals surface area (Å²) in [4.78, 5) is 14.1. The zero-order chi connectivity index (χ0) is 17.8. The lowest BCUT2D eigenvalue weighted by molar-refractivity contribution is -0.141. The van der Waals surface area contributed by atoms with Crippen LogP contribution in [0.1, 0.15) is 17.0 Å². The Kier molecular flexibility index (Phi) is 5.24. The van der Waals surface area contributed by atoms with E-state index in [4.69, 9.17) is 9.47 Å². The number of likely N-dealkylation sites (tertiary alicyclic amines) is 1. The SMILES string of the molecule is COc1cccc(OC)c1[C@H]1CN(Cc2ccccc2)C[C@H]1C(=O)O. The third kappa shape index (κ3) is 3.61. The number of nitrogens with zero attached hydrogens (tertiary/aromatic N) is 1. The van der Waals surface area contributed by atoms with Crippen LogP contribution in [0, 0.1) is 5.92 Å². The lowest BCUT2D eigenvalue weighted by Crippen LogP contribution is -2.23. The normalized spacial score (nSPS) is 20.4. The molecule has 0 radical (unpaired) electrons. The van der Waals surface area contributed by atoms with Crippen LogP contribution in [0.4, 0.5) is 0 Å². The Balaban J connectivity index is 1.91. The van der Waals surface area contributed by atoms with Gasteiger partial charge in [0, 0.05) is 31.1 Å². The van der Waals surface area contributed by atoms with Gasteiger partial charge < -0.3 is 14.6 Å². The molecule has 2 aromatic rings. The molecule has 5 nitrogen and oxygen atoms in total. The Morgan fingerprint density at radius 2 is 1.68 bits per heavy atom. The first-order chi connectivity index (χ1) is 12.1. The predicted molar refractivity (Wildman–Crippen MR) is 95.1 cm³/mol. The number of carboxylic acids is 1. The van der Waals surface area contributed by atoms with Crippen LogP contribution in [0.15, 0.2) is 48.5 Å². The van der Waals surface area contributed by atoms with Gasteiger partial charge in [-0.05, 0) is 17.7 Å². The first-order valence-corrected chi connectivity index (χ1v) is 8.34. The highest BCUT2D eigenvalue weighted by Gasteiger charge is 2.41. The molecule has 0 unspecified atom stereocenters. The Morgan fingerprint density at radius 1 is 1.04 bits per heavy atom. The van der Waals surface area contributed by atoms with Crippen LogP contribution < -0.4 is 9.47 Å². The van der Waals surface area contributed by atoms with Crippen molar-refractivity contribution < 1.29 is 19.4 Å². The van der Waals surface area contributed by atoms with Gasteiger partial charge >= 0.3 is 5.97 Å². The molecule has 0 spiro atoms. The topological polar surface area (TPSA) is 59.0 Å². The molecule has 0 aliphatic carbocycles. The summed E-state index contributed by atoms with van der Waals surface area (Å²) in [6.07, 6.45) is 0. The summed E-state index contributed by atoms with van der Waals surface area (Å²) < 4.78 is 11.0. The molecule has 132 valence electrons. The number of carboxylic acid groups (broad SMARTS) is 1. The van der Waals surface area contributed by atoms with Gasteiger partial charge in [0.05, 0.1) is 20.1 Å². The Morgan fingerprint density at radius 3 is 2.24 bits per heavy atom. The number of benzene rings is 2. The van der Waals surface area contributed by atoms with Gasteiger partial charge in [-0.3, -0.25) is 9.69 Å². The van der Waals surface area contributed by atoms with Crippen molar-refractivity contribution in [2.75, 3.05) is 27.3 Å². The molecule has 1 fully saturated rings. The molecule has 5 heteroatoms. The van der Waals surface area contributed by atoms with Crippen LogP contribution in [0.2, 0.25) is 0 Å². The fourth-order valence-electron chi connectivity index (χ4n) is 3.64. The van der Waals surface area contributed by atoms with E-state index in [1.807, 2.05) is 36.4 Å². The van der Waals surface area contributed by atoms with Crippen molar-refractivity contribution in [2.45, 2.75) is 12.5 Å². The van der Waals surface area contributed by atoms with Gasteiger partial charge in [0.25, 0.3) is 0 Å². The third-order valence-electron chi connectivity index (χ3n) is 4.80. The smallest absolute Gasteiger partial charge is 0.308 e. The Bertz CT molecular complexity index is 709. The summed E-state index contributed by atoms with van der Waals surface area (Å²) in [7, 11) is 3.20. The highest BCUT2D eigenvalue weighted by molar-refractivity contribution is 5.73. The fraction of sp³-hybridized carbons (Fsp3) is 0.350.